The number of aromatic amines is 1. The van der Waals surface area contributed by atoms with Gasteiger partial charge in [-0.15, -0.1) is 0 Å². The van der Waals surface area contributed by atoms with Crippen LogP contribution in [0.3, 0.4) is 0 Å². The van der Waals surface area contributed by atoms with E-state index in [0.717, 1.165) is 67.1 Å². The van der Waals surface area contributed by atoms with Crippen molar-refractivity contribution in [1.29, 1.82) is 0 Å². The smallest absolute Gasteiger partial charge is 0.433 e. The molecule has 1 radical (unpaired) electrons. The molecule has 2 N–H and O–H groups in total. The summed E-state index contributed by atoms with van der Waals surface area (Å²) < 4.78 is 48.7. The first-order valence-electron chi connectivity index (χ1n) is 14.4. The third-order valence-corrected chi connectivity index (χ3v) is 8.56. The minimum atomic E-state index is -4.56. The molecule has 4 aromatic rings. The second kappa shape index (κ2) is 10.9. The second-order valence-corrected chi connectivity index (χ2v) is 11.5. The van der Waals surface area contributed by atoms with Crippen LogP contribution in [0.1, 0.15) is 43.4 Å². The van der Waals surface area contributed by atoms with E-state index in [2.05, 4.69) is 29.9 Å². The lowest BCUT2D eigenvalue weighted by Gasteiger charge is -2.45. The number of rotatable bonds is 7. The van der Waals surface area contributed by atoms with Gasteiger partial charge in [0.05, 0.1) is 18.0 Å². The Labute approximate surface area is 240 Å². The monoisotopic (exact) mass is 581 g/mol. The maximum Gasteiger partial charge on any atom is 0.433 e. The van der Waals surface area contributed by atoms with Crippen LogP contribution in [0.4, 0.5) is 13.2 Å². The second-order valence-electron chi connectivity index (χ2n) is 11.5. The van der Waals surface area contributed by atoms with Crippen LogP contribution in [0.2, 0.25) is 0 Å². The topological polar surface area (TPSA) is 108 Å². The van der Waals surface area contributed by atoms with Gasteiger partial charge in [0.25, 0.3) is 0 Å². The van der Waals surface area contributed by atoms with Crippen molar-refractivity contribution in [3.8, 4) is 17.1 Å². The molecule has 6 heterocycles. The van der Waals surface area contributed by atoms with Crippen LogP contribution in [-0.4, -0.2) is 89.1 Å². The lowest BCUT2D eigenvalue weighted by molar-refractivity contribution is -0.141. The molecule has 0 amide bonds. The van der Waals surface area contributed by atoms with E-state index in [1.165, 1.54) is 6.04 Å². The molecule has 3 fully saturated rings. The van der Waals surface area contributed by atoms with Gasteiger partial charge in [-0.25, -0.2) is 15.0 Å². The molecule has 4 aromatic heterocycles. The summed E-state index contributed by atoms with van der Waals surface area (Å²) in [5.41, 5.74) is 2.14. The van der Waals surface area contributed by atoms with Crippen molar-refractivity contribution in [2.24, 2.45) is 0 Å². The molecule has 0 unspecified atom stereocenters. The minimum Gasteiger partial charge on any atom is -0.474 e. The number of alkyl halides is 3. The summed E-state index contributed by atoms with van der Waals surface area (Å²) in [6.07, 6.45) is 6.04. The maximum absolute atomic E-state index is 13.6. The number of hydrogen-bond donors (Lipinski definition) is 2. The largest absolute Gasteiger partial charge is 0.474 e. The highest BCUT2D eigenvalue weighted by molar-refractivity contribution is 5.90. The normalized spacial score (nSPS) is 24.3. The van der Waals surface area contributed by atoms with Crippen LogP contribution >= 0.6 is 0 Å². The molecule has 7 rings (SSSR count). The van der Waals surface area contributed by atoms with Crippen molar-refractivity contribution in [1.82, 2.24) is 39.5 Å². The number of fused-ring (bicyclic) bond motifs is 1. The number of pyridine rings is 1. The maximum atomic E-state index is 13.6. The average molecular weight is 582 g/mol. The summed E-state index contributed by atoms with van der Waals surface area (Å²) in [7, 11) is 0. The van der Waals surface area contributed by atoms with Crippen molar-refractivity contribution in [2.45, 2.75) is 63.1 Å². The van der Waals surface area contributed by atoms with Crippen LogP contribution in [0.25, 0.3) is 22.3 Å². The standard InChI is InChI=1S/C29H32F3N8O2/c30-29(31,32)25-9-18(12-38-8-6-22(41)16-38)10-26(37-25)42-23-3-1-20(2-4-23)39-14-21(15-39)40-13-19(11-36-40)27-24-5-7-33-28(24)35-17-34-27/h5,7,9-11,13,17,20,22-23,41H,1-4,6,8,12,14-16H2,(H,33,34,35)/t20-,22-,23+/m1/s1. The lowest BCUT2D eigenvalue weighted by Crippen LogP contribution is -2.54. The van der Waals surface area contributed by atoms with Crippen molar-refractivity contribution < 1.29 is 23.0 Å². The number of likely N-dealkylation sites (tertiary alicyclic amines) is 2. The van der Waals surface area contributed by atoms with E-state index in [9.17, 15) is 18.3 Å². The number of hydrogen-bond acceptors (Lipinski definition) is 8. The van der Waals surface area contributed by atoms with Gasteiger partial charge in [0.15, 0.2) is 0 Å². The zero-order chi connectivity index (χ0) is 28.8. The molecule has 10 nitrogen and oxygen atoms in total. The molecule has 3 aliphatic rings. The van der Waals surface area contributed by atoms with Gasteiger partial charge in [-0.1, -0.05) is 0 Å². The Balaban J connectivity index is 0.934. The van der Waals surface area contributed by atoms with Gasteiger partial charge < -0.3 is 14.8 Å². The number of aromatic nitrogens is 6. The fourth-order valence-electron chi connectivity index (χ4n) is 6.32. The Morgan fingerprint density at radius 1 is 1.07 bits per heavy atom. The van der Waals surface area contributed by atoms with E-state index in [1.54, 1.807) is 12.4 Å². The Morgan fingerprint density at radius 3 is 2.67 bits per heavy atom. The van der Waals surface area contributed by atoms with Crippen molar-refractivity contribution in [3.63, 3.8) is 0 Å². The molecule has 0 spiro atoms. The van der Waals surface area contributed by atoms with Gasteiger partial charge in [0, 0.05) is 68.2 Å². The van der Waals surface area contributed by atoms with E-state index >= 15 is 0 Å². The fraction of sp³-hybridized carbons (Fsp3) is 0.483. The third kappa shape index (κ3) is 5.60. The van der Waals surface area contributed by atoms with Crippen LogP contribution in [0.5, 0.6) is 5.88 Å². The van der Waals surface area contributed by atoms with Crippen molar-refractivity contribution >= 4 is 11.0 Å². The summed E-state index contributed by atoms with van der Waals surface area (Å²) in [6.45, 7) is 3.09. The molecule has 42 heavy (non-hydrogen) atoms. The number of aliphatic hydroxyl groups excluding tert-OH is 1. The Morgan fingerprint density at radius 2 is 1.90 bits per heavy atom. The molecule has 13 heteroatoms. The number of nitrogens with one attached hydrogen (secondary N) is 1. The Bertz CT molecular complexity index is 1540. The number of aliphatic hydroxyl groups is 1. The van der Waals surface area contributed by atoms with E-state index in [0.29, 0.717) is 37.7 Å². The average Bonchev–Trinajstić information content (AvgIpc) is 3.70. The highest BCUT2D eigenvalue weighted by Gasteiger charge is 2.38. The Kier molecular flexibility index (Phi) is 7.11. The zero-order valence-corrected chi connectivity index (χ0v) is 23.0. The number of β-amino-alcohol motifs (C(OH)–C–C–N with tert-alkyl or cyclic N) is 1. The molecule has 1 saturated carbocycles. The van der Waals surface area contributed by atoms with Crippen molar-refractivity contribution in [2.75, 3.05) is 26.2 Å². The molecular formula is C29H32F3N8O2. The fourth-order valence-corrected chi connectivity index (χ4v) is 6.32. The third-order valence-electron chi connectivity index (χ3n) is 8.56. The van der Waals surface area contributed by atoms with Gasteiger partial charge in [0.2, 0.25) is 5.88 Å². The van der Waals surface area contributed by atoms with Crippen molar-refractivity contribution in [3.05, 3.63) is 60.4 Å². The highest BCUT2D eigenvalue weighted by Crippen LogP contribution is 2.35. The van der Waals surface area contributed by atoms with E-state index in [4.69, 9.17) is 4.74 Å². The SMILES string of the molecule is O[C@@H]1CCN(Cc2cc(O[C@H]3CC[C@@H](N4C[C](n5cc(-c6ncnc7[nH]ccc67)cn5)C4)CC3)nc(C(F)(F)F)c2)C1. The van der Waals surface area contributed by atoms with Gasteiger partial charge in [-0.05, 0) is 49.8 Å². The number of H-pyrrole nitrogens is 1. The summed E-state index contributed by atoms with van der Waals surface area (Å²) in [5.74, 6) is 0.0256. The summed E-state index contributed by atoms with van der Waals surface area (Å²) in [5, 5.41) is 15.3. The minimum absolute atomic E-state index is 0.0256. The number of nitrogens with zero attached hydrogens (tertiary/aromatic N) is 7. The molecule has 2 saturated heterocycles. The van der Waals surface area contributed by atoms with E-state index in [1.807, 2.05) is 34.2 Å². The molecule has 0 bridgehead atoms. The summed E-state index contributed by atoms with van der Waals surface area (Å²) in [6, 6.07) is 6.28. The molecular weight excluding hydrogens is 549 g/mol. The zero-order valence-electron chi connectivity index (χ0n) is 23.0. The number of ether oxygens (including phenoxy) is 1. The molecule has 221 valence electrons. The number of halogens is 3. The highest BCUT2D eigenvalue weighted by atomic mass is 19.4. The molecule has 1 aliphatic carbocycles. The van der Waals surface area contributed by atoms with Crippen LogP contribution < -0.4 is 4.74 Å². The first-order chi connectivity index (χ1) is 20.3. The van der Waals surface area contributed by atoms with Crippen LogP contribution in [0, 0.1) is 6.04 Å². The van der Waals surface area contributed by atoms with Gasteiger partial charge in [-0.2, -0.15) is 18.3 Å². The van der Waals surface area contributed by atoms with E-state index < -0.39 is 18.0 Å². The van der Waals surface area contributed by atoms with Gasteiger partial charge in [0.1, 0.15) is 29.8 Å². The first-order valence-corrected chi connectivity index (χ1v) is 14.4. The summed E-state index contributed by atoms with van der Waals surface area (Å²) in [4.78, 5) is 20.0. The molecule has 0 aromatic carbocycles. The first kappa shape index (κ1) is 27.3. The van der Waals surface area contributed by atoms with Gasteiger partial charge >= 0.3 is 6.18 Å². The molecule has 1 atom stereocenters. The summed E-state index contributed by atoms with van der Waals surface area (Å²) >= 11 is 0. The van der Waals surface area contributed by atoms with Gasteiger partial charge in [-0.3, -0.25) is 14.5 Å². The quantitative estimate of drug-likeness (QED) is 0.339. The predicted octanol–water partition coefficient (Wildman–Crippen LogP) is 3.89. The molecule has 2 aliphatic heterocycles. The predicted molar refractivity (Wildman–Crippen MR) is 147 cm³/mol. The lowest BCUT2D eigenvalue weighted by atomic mass is 9.89. The van der Waals surface area contributed by atoms with Crippen LogP contribution in [-0.2, 0) is 12.7 Å². The van der Waals surface area contributed by atoms with Crippen LogP contribution in [0.15, 0.2) is 43.1 Å². The Hall–Kier alpha value is -3.55. The van der Waals surface area contributed by atoms with E-state index in [-0.39, 0.29) is 12.0 Å².